The molecule has 0 spiro atoms. The third-order valence-electron chi connectivity index (χ3n) is 3.74. The van der Waals surface area contributed by atoms with Gasteiger partial charge in [0.25, 0.3) is 0 Å². The Labute approximate surface area is 120 Å². The number of hydrogen-bond acceptors (Lipinski definition) is 2. The van der Waals surface area contributed by atoms with E-state index in [0.29, 0.717) is 11.4 Å². The molecular formula is C16H23ClO2. The second-order valence-electron chi connectivity index (χ2n) is 5.38. The van der Waals surface area contributed by atoms with Crippen LogP contribution in [-0.4, -0.2) is 11.2 Å². The molecule has 2 unspecified atom stereocenters. The molecule has 1 N–H and O–H groups in total. The van der Waals surface area contributed by atoms with E-state index in [1.165, 1.54) is 32.1 Å². The van der Waals surface area contributed by atoms with Crippen molar-refractivity contribution in [2.24, 2.45) is 0 Å². The zero-order valence-corrected chi connectivity index (χ0v) is 12.3. The molecule has 2 atom stereocenters. The lowest BCUT2D eigenvalue weighted by atomic mass is 9.96. The Hall–Kier alpha value is -0.730. The summed E-state index contributed by atoms with van der Waals surface area (Å²) in [4.78, 5) is 0. The average molecular weight is 283 g/mol. The molecule has 106 valence electrons. The first-order chi connectivity index (χ1) is 9.20. The zero-order valence-electron chi connectivity index (χ0n) is 11.6. The Balaban J connectivity index is 1.85. The summed E-state index contributed by atoms with van der Waals surface area (Å²) >= 11 is 5.94. The third kappa shape index (κ3) is 4.12. The molecule has 2 nitrogen and oxygen atoms in total. The molecule has 1 aliphatic heterocycles. The highest BCUT2D eigenvalue weighted by molar-refractivity contribution is 6.30. The highest BCUT2D eigenvalue weighted by atomic mass is 35.5. The lowest BCUT2D eigenvalue weighted by Crippen LogP contribution is -2.25. The van der Waals surface area contributed by atoms with Crippen LogP contribution in [0.5, 0.6) is 5.75 Å². The second kappa shape index (κ2) is 7.16. The summed E-state index contributed by atoms with van der Waals surface area (Å²) in [6, 6.07) is 5.49. The van der Waals surface area contributed by atoms with Crippen LogP contribution in [0.4, 0.5) is 0 Å². The van der Waals surface area contributed by atoms with Gasteiger partial charge >= 0.3 is 0 Å². The minimum atomic E-state index is -0.442. The van der Waals surface area contributed by atoms with Crippen molar-refractivity contribution in [3.63, 3.8) is 0 Å². The van der Waals surface area contributed by atoms with Crippen LogP contribution < -0.4 is 4.74 Å². The SMILES string of the molecule is CCCCCCCC1CC(O)c2cc(Cl)ccc2O1. The summed E-state index contributed by atoms with van der Waals surface area (Å²) in [5.41, 5.74) is 0.828. The number of halogens is 1. The summed E-state index contributed by atoms with van der Waals surface area (Å²) < 4.78 is 5.95. The van der Waals surface area contributed by atoms with Crippen molar-refractivity contribution >= 4 is 11.6 Å². The van der Waals surface area contributed by atoms with E-state index in [0.717, 1.165) is 17.7 Å². The first-order valence-corrected chi connectivity index (χ1v) is 7.72. The van der Waals surface area contributed by atoms with Crippen LogP contribution in [-0.2, 0) is 0 Å². The van der Waals surface area contributed by atoms with Gasteiger partial charge in [0.05, 0.1) is 6.10 Å². The van der Waals surface area contributed by atoms with Gasteiger partial charge in [-0.2, -0.15) is 0 Å². The highest BCUT2D eigenvalue weighted by Gasteiger charge is 2.26. The van der Waals surface area contributed by atoms with Gasteiger partial charge < -0.3 is 9.84 Å². The van der Waals surface area contributed by atoms with Crippen LogP contribution in [0.2, 0.25) is 5.02 Å². The lowest BCUT2D eigenvalue weighted by molar-refractivity contribution is 0.0605. The van der Waals surface area contributed by atoms with Crippen LogP contribution in [0.1, 0.15) is 63.5 Å². The summed E-state index contributed by atoms with van der Waals surface area (Å²) in [7, 11) is 0. The maximum absolute atomic E-state index is 10.2. The summed E-state index contributed by atoms with van der Waals surface area (Å²) in [6.07, 6.45) is 7.75. The van der Waals surface area contributed by atoms with E-state index in [1.807, 2.05) is 12.1 Å². The monoisotopic (exact) mass is 282 g/mol. The van der Waals surface area contributed by atoms with Crippen LogP contribution in [0.3, 0.4) is 0 Å². The van der Waals surface area contributed by atoms with Crippen molar-refractivity contribution in [2.45, 2.75) is 64.1 Å². The average Bonchev–Trinajstić information content (AvgIpc) is 2.39. The van der Waals surface area contributed by atoms with Crippen LogP contribution >= 0.6 is 11.6 Å². The van der Waals surface area contributed by atoms with Gasteiger partial charge in [-0.25, -0.2) is 0 Å². The van der Waals surface area contributed by atoms with E-state index in [1.54, 1.807) is 6.07 Å². The van der Waals surface area contributed by atoms with Crippen molar-refractivity contribution in [2.75, 3.05) is 0 Å². The number of benzene rings is 1. The molecule has 0 saturated heterocycles. The summed E-state index contributed by atoms with van der Waals surface area (Å²) in [5, 5.41) is 10.8. The molecule has 1 aliphatic rings. The van der Waals surface area contributed by atoms with Crippen molar-refractivity contribution in [1.29, 1.82) is 0 Å². The molecule has 0 aromatic heterocycles. The molecule has 0 amide bonds. The van der Waals surface area contributed by atoms with Crippen LogP contribution in [0, 0.1) is 0 Å². The van der Waals surface area contributed by atoms with Crippen molar-refractivity contribution in [3.8, 4) is 5.75 Å². The molecule has 0 fully saturated rings. The normalized spacial score (nSPS) is 21.8. The van der Waals surface area contributed by atoms with Gasteiger partial charge in [-0.3, -0.25) is 0 Å². The molecule has 0 aliphatic carbocycles. The number of ether oxygens (including phenoxy) is 1. The Bertz CT molecular complexity index is 406. The summed E-state index contributed by atoms with van der Waals surface area (Å²) in [6.45, 7) is 2.22. The minimum absolute atomic E-state index is 0.144. The third-order valence-corrected chi connectivity index (χ3v) is 3.98. The molecule has 19 heavy (non-hydrogen) atoms. The van der Waals surface area contributed by atoms with Crippen LogP contribution in [0.15, 0.2) is 18.2 Å². The Morgan fingerprint density at radius 3 is 2.84 bits per heavy atom. The van der Waals surface area contributed by atoms with Crippen molar-refractivity contribution in [3.05, 3.63) is 28.8 Å². The van der Waals surface area contributed by atoms with E-state index in [4.69, 9.17) is 16.3 Å². The quantitative estimate of drug-likeness (QED) is 0.753. The lowest BCUT2D eigenvalue weighted by Gasteiger charge is -2.29. The number of aliphatic hydroxyl groups excluding tert-OH is 1. The highest BCUT2D eigenvalue weighted by Crippen LogP contribution is 2.37. The van der Waals surface area contributed by atoms with Gasteiger partial charge in [-0.15, -0.1) is 0 Å². The number of fused-ring (bicyclic) bond motifs is 1. The first kappa shape index (κ1) is 14.7. The molecule has 3 heteroatoms. The molecule has 0 bridgehead atoms. The van der Waals surface area contributed by atoms with E-state index < -0.39 is 6.10 Å². The largest absolute Gasteiger partial charge is 0.490 e. The van der Waals surface area contributed by atoms with Gasteiger partial charge in [0, 0.05) is 17.0 Å². The van der Waals surface area contributed by atoms with Gasteiger partial charge in [-0.1, -0.05) is 44.2 Å². The fourth-order valence-corrected chi connectivity index (χ4v) is 2.82. The van der Waals surface area contributed by atoms with Gasteiger partial charge in [0.2, 0.25) is 0 Å². The molecule has 1 aromatic rings. The predicted octanol–water partition coefficient (Wildman–Crippen LogP) is 4.89. The Morgan fingerprint density at radius 1 is 1.26 bits per heavy atom. The molecular weight excluding hydrogens is 260 g/mol. The molecule has 1 aromatic carbocycles. The number of rotatable bonds is 6. The van der Waals surface area contributed by atoms with Crippen molar-refractivity contribution < 1.29 is 9.84 Å². The number of unbranched alkanes of at least 4 members (excludes halogenated alkanes) is 4. The Morgan fingerprint density at radius 2 is 2.05 bits per heavy atom. The predicted molar refractivity (Wildman–Crippen MR) is 78.8 cm³/mol. The van der Waals surface area contributed by atoms with E-state index >= 15 is 0 Å². The smallest absolute Gasteiger partial charge is 0.125 e. The van der Waals surface area contributed by atoms with Gasteiger partial charge in [-0.05, 0) is 31.0 Å². The van der Waals surface area contributed by atoms with Crippen molar-refractivity contribution in [1.82, 2.24) is 0 Å². The molecule has 1 heterocycles. The van der Waals surface area contributed by atoms with Gasteiger partial charge in [0.1, 0.15) is 11.9 Å². The Kier molecular flexibility index (Phi) is 5.53. The van der Waals surface area contributed by atoms with E-state index in [9.17, 15) is 5.11 Å². The summed E-state index contributed by atoms with van der Waals surface area (Å²) in [5.74, 6) is 0.793. The fourth-order valence-electron chi connectivity index (χ4n) is 2.64. The topological polar surface area (TPSA) is 29.5 Å². The van der Waals surface area contributed by atoms with E-state index in [-0.39, 0.29) is 6.10 Å². The maximum Gasteiger partial charge on any atom is 0.125 e. The standard InChI is InChI=1S/C16H23ClO2/c1-2-3-4-5-6-7-13-11-15(18)14-10-12(17)8-9-16(14)19-13/h8-10,13,15,18H,2-7,11H2,1H3. The fraction of sp³-hybridized carbons (Fsp3) is 0.625. The van der Waals surface area contributed by atoms with Crippen LogP contribution in [0.25, 0.3) is 0 Å². The molecule has 0 saturated carbocycles. The van der Waals surface area contributed by atoms with E-state index in [2.05, 4.69) is 6.92 Å². The zero-order chi connectivity index (χ0) is 13.7. The van der Waals surface area contributed by atoms with Gasteiger partial charge in [0.15, 0.2) is 0 Å². The number of hydrogen-bond donors (Lipinski definition) is 1. The number of aliphatic hydroxyl groups is 1. The molecule has 2 rings (SSSR count). The maximum atomic E-state index is 10.2. The second-order valence-corrected chi connectivity index (χ2v) is 5.81. The molecule has 0 radical (unpaired) electrons. The minimum Gasteiger partial charge on any atom is -0.490 e. The first-order valence-electron chi connectivity index (χ1n) is 7.35.